The zero-order valence-electron chi connectivity index (χ0n) is 12.4. The standard InChI is InChI=1S/C17H24O2/c1-11-5-6-16(9-12(11)2)19-17-13(3)7-15(10-18)8-14(17)4/h7-8,10-12,16H,5-6,9H2,1-4H3. The van der Waals surface area contributed by atoms with Crippen molar-refractivity contribution in [1.82, 2.24) is 0 Å². The fourth-order valence-corrected chi connectivity index (χ4v) is 3.01. The van der Waals surface area contributed by atoms with Gasteiger partial charge in [-0.25, -0.2) is 0 Å². The number of hydrogen-bond acceptors (Lipinski definition) is 2. The molecule has 1 aromatic carbocycles. The molecule has 2 nitrogen and oxygen atoms in total. The third-order valence-corrected chi connectivity index (χ3v) is 4.45. The van der Waals surface area contributed by atoms with Gasteiger partial charge >= 0.3 is 0 Å². The Bertz CT molecular complexity index is 441. The van der Waals surface area contributed by atoms with Crippen molar-refractivity contribution < 1.29 is 9.53 Å². The molecule has 0 aliphatic heterocycles. The highest BCUT2D eigenvalue weighted by atomic mass is 16.5. The van der Waals surface area contributed by atoms with Crippen LogP contribution < -0.4 is 4.74 Å². The summed E-state index contributed by atoms with van der Waals surface area (Å²) in [4.78, 5) is 10.9. The third-order valence-electron chi connectivity index (χ3n) is 4.45. The number of aldehydes is 1. The maximum absolute atomic E-state index is 10.9. The first kappa shape index (κ1) is 14.1. The minimum atomic E-state index is 0.325. The van der Waals surface area contributed by atoms with E-state index in [0.29, 0.717) is 6.10 Å². The van der Waals surface area contributed by atoms with E-state index in [1.165, 1.54) is 6.42 Å². The molecule has 19 heavy (non-hydrogen) atoms. The van der Waals surface area contributed by atoms with Crippen LogP contribution in [0, 0.1) is 25.7 Å². The number of benzene rings is 1. The Labute approximate surface area is 116 Å². The lowest BCUT2D eigenvalue weighted by Gasteiger charge is -2.33. The Morgan fingerprint density at radius 1 is 1.11 bits per heavy atom. The topological polar surface area (TPSA) is 26.3 Å². The average Bonchev–Trinajstić information content (AvgIpc) is 2.37. The van der Waals surface area contributed by atoms with Crippen LogP contribution >= 0.6 is 0 Å². The van der Waals surface area contributed by atoms with Crippen LogP contribution in [-0.2, 0) is 0 Å². The highest BCUT2D eigenvalue weighted by molar-refractivity contribution is 5.76. The number of carbonyl (C=O) groups is 1. The Hall–Kier alpha value is -1.31. The highest BCUT2D eigenvalue weighted by Crippen LogP contribution is 2.34. The van der Waals surface area contributed by atoms with Gasteiger partial charge in [-0.1, -0.05) is 13.8 Å². The first-order valence-corrected chi connectivity index (χ1v) is 7.24. The van der Waals surface area contributed by atoms with Gasteiger partial charge in [-0.05, 0) is 68.2 Å². The second-order valence-corrected chi connectivity index (χ2v) is 6.11. The smallest absolute Gasteiger partial charge is 0.150 e. The van der Waals surface area contributed by atoms with Crippen molar-refractivity contribution in [3.63, 3.8) is 0 Å². The van der Waals surface area contributed by atoms with Gasteiger partial charge in [0, 0.05) is 5.56 Å². The van der Waals surface area contributed by atoms with E-state index in [1.54, 1.807) is 0 Å². The van der Waals surface area contributed by atoms with Crippen molar-refractivity contribution in [2.24, 2.45) is 11.8 Å². The van der Waals surface area contributed by atoms with E-state index in [-0.39, 0.29) is 0 Å². The molecule has 2 rings (SSSR count). The Morgan fingerprint density at radius 2 is 1.74 bits per heavy atom. The molecule has 0 amide bonds. The summed E-state index contributed by atoms with van der Waals surface area (Å²) in [7, 11) is 0. The monoisotopic (exact) mass is 260 g/mol. The molecular formula is C17H24O2. The Kier molecular flexibility index (Phi) is 4.28. The van der Waals surface area contributed by atoms with Crippen molar-refractivity contribution >= 4 is 6.29 Å². The van der Waals surface area contributed by atoms with Crippen LogP contribution in [-0.4, -0.2) is 12.4 Å². The maximum atomic E-state index is 10.9. The van der Waals surface area contributed by atoms with E-state index in [1.807, 2.05) is 26.0 Å². The zero-order chi connectivity index (χ0) is 14.0. The van der Waals surface area contributed by atoms with Crippen molar-refractivity contribution in [2.45, 2.75) is 53.1 Å². The fourth-order valence-electron chi connectivity index (χ4n) is 3.01. The van der Waals surface area contributed by atoms with Crippen LogP contribution in [0.2, 0.25) is 0 Å². The number of hydrogen-bond donors (Lipinski definition) is 0. The van der Waals surface area contributed by atoms with E-state index < -0.39 is 0 Å². The van der Waals surface area contributed by atoms with Crippen LogP contribution in [0.3, 0.4) is 0 Å². The predicted molar refractivity (Wildman–Crippen MR) is 77.9 cm³/mol. The fraction of sp³-hybridized carbons (Fsp3) is 0.588. The molecule has 0 spiro atoms. The van der Waals surface area contributed by atoms with Crippen LogP contribution in [0.25, 0.3) is 0 Å². The molecule has 0 heterocycles. The molecule has 3 atom stereocenters. The lowest BCUT2D eigenvalue weighted by molar-refractivity contribution is 0.0993. The van der Waals surface area contributed by atoms with Gasteiger partial charge in [0.2, 0.25) is 0 Å². The molecular weight excluding hydrogens is 236 g/mol. The summed E-state index contributed by atoms with van der Waals surface area (Å²) in [6.07, 6.45) is 4.74. The normalized spacial score (nSPS) is 27.1. The molecule has 0 N–H and O–H groups in total. The van der Waals surface area contributed by atoms with Crippen molar-refractivity contribution in [1.29, 1.82) is 0 Å². The molecule has 0 aromatic heterocycles. The summed E-state index contributed by atoms with van der Waals surface area (Å²) in [6, 6.07) is 3.81. The maximum Gasteiger partial charge on any atom is 0.150 e. The largest absolute Gasteiger partial charge is 0.490 e. The first-order valence-electron chi connectivity index (χ1n) is 7.24. The van der Waals surface area contributed by atoms with Gasteiger partial charge in [0.1, 0.15) is 12.0 Å². The molecule has 0 radical (unpaired) electrons. The molecule has 104 valence electrons. The van der Waals surface area contributed by atoms with Crippen LogP contribution in [0.4, 0.5) is 0 Å². The summed E-state index contributed by atoms with van der Waals surface area (Å²) in [5, 5.41) is 0. The van der Waals surface area contributed by atoms with E-state index in [0.717, 1.165) is 53.4 Å². The van der Waals surface area contributed by atoms with E-state index in [2.05, 4.69) is 13.8 Å². The third kappa shape index (κ3) is 3.17. The summed E-state index contributed by atoms with van der Waals surface area (Å²) < 4.78 is 6.22. The molecule has 1 aliphatic carbocycles. The van der Waals surface area contributed by atoms with Gasteiger partial charge in [-0.2, -0.15) is 0 Å². The zero-order valence-corrected chi connectivity index (χ0v) is 12.4. The van der Waals surface area contributed by atoms with E-state index in [4.69, 9.17) is 4.74 Å². The molecule has 1 saturated carbocycles. The van der Waals surface area contributed by atoms with E-state index in [9.17, 15) is 4.79 Å². The number of ether oxygens (including phenoxy) is 1. The van der Waals surface area contributed by atoms with Gasteiger partial charge in [0.05, 0.1) is 6.10 Å². The van der Waals surface area contributed by atoms with Crippen molar-refractivity contribution in [3.8, 4) is 5.75 Å². The van der Waals surface area contributed by atoms with Crippen molar-refractivity contribution in [3.05, 3.63) is 28.8 Å². The summed E-state index contributed by atoms with van der Waals surface area (Å²) >= 11 is 0. The van der Waals surface area contributed by atoms with Gasteiger partial charge in [0.15, 0.2) is 0 Å². The van der Waals surface area contributed by atoms with Gasteiger partial charge < -0.3 is 4.74 Å². The quantitative estimate of drug-likeness (QED) is 0.757. The average molecular weight is 260 g/mol. The summed E-state index contributed by atoms with van der Waals surface area (Å²) in [6.45, 7) is 8.68. The second-order valence-electron chi connectivity index (χ2n) is 6.11. The minimum Gasteiger partial charge on any atom is -0.490 e. The van der Waals surface area contributed by atoms with Crippen LogP contribution in [0.5, 0.6) is 5.75 Å². The SMILES string of the molecule is Cc1cc(C=O)cc(C)c1OC1CCC(C)C(C)C1. The Morgan fingerprint density at radius 3 is 2.26 bits per heavy atom. The molecule has 1 aliphatic rings. The molecule has 3 unspecified atom stereocenters. The molecule has 0 bridgehead atoms. The molecule has 1 fully saturated rings. The number of carbonyl (C=O) groups excluding carboxylic acids is 1. The Balaban J connectivity index is 2.13. The van der Waals surface area contributed by atoms with Gasteiger partial charge in [0.25, 0.3) is 0 Å². The molecule has 0 saturated heterocycles. The minimum absolute atomic E-state index is 0.325. The van der Waals surface area contributed by atoms with Gasteiger partial charge in [-0.3, -0.25) is 4.79 Å². The predicted octanol–water partition coefficient (Wildman–Crippen LogP) is 4.32. The van der Waals surface area contributed by atoms with E-state index >= 15 is 0 Å². The summed E-state index contributed by atoms with van der Waals surface area (Å²) in [5.74, 6) is 2.51. The molecule has 1 aromatic rings. The lowest BCUT2D eigenvalue weighted by Crippen LogP contribution is -2.29. The van der Waals surface area contributed by atoms with Gasteiger partial charge in [-0.15, -0.1) is 0 Å². The molecule has 2 heteroatoms. The second kappa shape index (κ2) is 5.77. The van der Waals surface area contributed by atoms with Crippen LogP contribution in [0.1, 0.15) is 54.6 Å². The lowest BCUT2D eigenvalue weighted by atomic mass is 9.80. The number of rotatable bonds is 3. The van der Waals surface area contributed by atoms with Crippen LogP contribution in [0.15, 0.2) is 12.1 Å². The van der Waals surface area contributed by atoms with Crippen molar-refractivity contribution in [2.75, 3.05) is 0 Å². The summed E-state index contributed by atoms with van der Waals surface area (Å²) in [5.41, 5.74) is 2.86. The highest BCUT2D eigenvalue weighted by Gasteiger charge is 2.26. The number of aryl methyl sites for hydroxylation is 2. The first-order chi connectivity index (χ1) is 9.01.